The summed E-state index contributed by atoms with van der Waals surface area (Å²) in [5, 5.41) is 9.85. The highest BCUT2D eigenvalue weighted by Gasteiger charge is 2.25. The van der Waals surface area contributed by atoms with E-state index in [4.69, 9.17) is 4.42 Å². The molecule has 122 valence electrons. The molecule has 3 heterocycles. The molecule has 7 heteroatoms. The minimum Gasteiger partial charge on any atom is -0.461 e. The van der Waals surface area contributed by atoms with Crippen LogP contribution in [-0.2, 0) is 24.2 Å². The van der Waals surface area contributed by atoms with Crippen molar-refractivity contribution in [3.63, 3.8) is 0 Å². The van der Waals surface area contributed by atoms with Crippen molar-refractivity contribution in [2.45, 2.75) is 25.8 Å². The minimum absolute atomic E-state index is 0.0193. The van der Waals surface area contributed by atoms with Gasteiger partial charge in [0.15, 0.2) is 5.76 Å². The maximum Gasteiger partial charge on any atom is 0.223 e. The largest absolute Gasteiger partial charge is 0.461 e. The van der Waals surface area contributed by atoms with Crippen LogP contribution in [0.2, 0.25) is 0 Å². The number of aryl methyl sites for hydroxylation is 1. The Morgan fingerprint density at radius 2 is 2.33 bits per heavy atom. The van der Waals surface area contributed by atoms with Crippen molar-refractivity contribution in [2.75, 3.05) is 0 Å². The number of pyridine rings is 1. The first-order valence-electron chi connectivity index (χ1n) is 7.95. The summed E-state index contributed by atoms with van der Waals surface area (Å²) in [5.74, 6) is 1.71. The van der Waals surface area contributed by atoms with E-state index >= 15 is 0 Å². The highest BCUT2D eigenvalue weighted by Crippen LogP contribution is 2.24. The number of hydrogen-bond acceptors (Lipinski definition) is 5. The number of H-pyrrole nitrogens is 1. The first-order valence-corrected chi connectivity index (χ1v) is 7.95. The van der Waals surface area contributed by atoms with Gasteiger partial charge in [-0.25, -0.2) is 4.98 Å². The Kier molecular flexibility index (Phi) is 3.82. The van der Waals surface area contributed by atoms with E-state index in [2.05, 4.69) is 25.5 Å². The molecule has 24 heavy (non-hydrogen) atoms. The average Bonchev–Trinajstić information content (AvgIpc) is 3.30. The van der Waals surface area contributed by atoms with Gasteiger partial charge in [-0.15, -0.1) is 5.10 Å². The summed E-state index contributed by atoms with van der Waals surface area (Å²) in [5.41, 5.74) is 2.28. The maximum atomic E-state index is 12.4. The number of carbonyl (C=O) groups is 1. The van der Waals surface area contributed by atoms with Crippen LogP contribution in [0.3, 0.4) is 0 Å². The molecule has 1 amide bonds. The zero-order valence-electron chi connectivity index (χ0n) is 13.0. The fraction of sp³-hybridized carbons (Fsp3) is 0.294. The van der Waals surface area contributed by atoms with Crippen LogP contribution in [0.1, 0.15) is 23.5 Å². The molecule has 0 saturated heterocycles. The molecule has 1 atom stereocenters. The molecule has 3 aromatic heterocycles. The third kappa shape index (κ3) is 2.92. The SMILES string of the molecule is O=C(NCc1nc(-c2ccco2)n[nH]1)C1CCc2ncccc2C1. The number of fused-ring (bicyclic) bond motifs is 1. The number of furan rings is 1. The lowest BCUT2D eigenvalue weighted by Gasteiger charge is -2.22. The van der Waals surface area contributed by atoms with Gasteiger partial charge >= 0.3 is 0 Å². The van der Waals surface area contributed by atoms with Crippen molar-refractivity contribution in [2.24, 2.45) is 5.92 Å². The highest BCUT2D eigenvalue weighted by atomic mass is 16.3. The van der Waals surface area contributed by atoms with Gasteiger partial charge in [0.25, 0.3) is 0 Å². The molecule has 0 spiro atoms. The summed E-state index contributed by atoms with van der Waals surface area (Å²) in [6.07, 6.45) is 5.79. The summed E-state index contributed by atoms with van der Waals surface area (Å²) < 4.78 is 5.25. The number of rotatable bonds is 4. The quantitative estimate of drug-likeness (QED) is 0.764. The second-order valence-corrected chi connectivity index (χ2v) is 5.85. The first kappa shape index (κ1) is 14.6. The van der Waals surface area contributed by atoms with Gasteiger partial charge < -0.3 is 9.73 Å². The van der Waals surface area contributed by atoms with Crippen LogP contribution in [0.25, 0.3) is 11.6 Å². The van der Waals surface area contributed by atoms with Crippen LogP contribution in [0.5, 0.6) is 0 Å². The third-order valence-corrected chi connectivity index (χ3v) is 4.25. The molecule has 4 rings (SSSR count). The number of aromatic nitrogens is 4. The van der Waals surface area contributed by atoms with E-state index in [-0.39, 0.29) is 11.8 Å². The van der Waals surface area contributed by atoms with Crippen LogP contribution < -0.4 is 5.32 Å². The molecule has 0 aromatic carbocycles. The Morgan fingerprint density at radius 3 is 3.21 bits per heavy atom. The van der Waals surface area contributed by atoms with Gasteiger partial charge in [0.2, 0.25) is 11.7 Å². The topological polar surface area (TPSA) is 96.7 Å². The summed E-state index contributed by atoms with van der Waals surface area (Å²) in [6.45, 7) is 0.322. The van der Waals surface area contributed by atoms with E-state index in [0.29, 0.717) is 24.0 Å². The molecular weight excluding hydrogens is 306 g/mol. The molecule has 1 aliphatic rings. The van der Waals surface area contributed by atoms with E-state index in [1.165, 1.54) is 5.56 Å². The molecule has 1 aliphatic carbocycles. The number of hydrogen-bond donors (Lipinski definition) is 2. The fourth-order valence-corrected chi connectivity index (χ4v) is 2.99. The maximum absolute atomic E-state index is 12.4. The zero-order chi connectivity index (χ0) is 16.4. The van der Waals surface area contributed by atoms with Crippen LogP contribution in [0.15, 0.2) is 41.1 Å². The van der Waals surface area contributed by atoms with Crippen molar-refractivity contribution in [3.8, 4) is 11.6 Å². The van der Waals surface area contributed by atoms with E-state index < -0.39 is 0 Å². The number of nitrogens with one attached hydrogen (secondary N) is 2. The Labute approximate surface area is 138 Å². The van der Waals surface area contributed by atoms with Crippen molar-refractivity contribution in [1.29, 1.82) is 0 Å². The second kappa shape index (κ2) is 6.27. The van der Waals surface area contributed by atoms with Crippen molar-refractivity contribution < 1.29 is 9.21 Å². The highest BCUT2D eigenvalue weighted by molar-refractivity contribution is 5.79. The summed E-state index contributed by atoms with van der Waals surface area (Å²) in [6, 6.07) is 7.54. The lowest BCUT2D eigenvalue weighted by atomic mass is 9.86. The van der Waals surface area contributed by atoms with Crippen LogP contribution in [-0.4, -0.2) is 26.1 Å². The number of amides is 1. The van der Waals surface area contributed by atoms with E-state index in [9.17, 15) is 4.79 Å². The summed E-state index contributed by atoms with van der Waals surface area (Å²) in [7, 11) is 0. The predicted octanol–water partition coefficient (Wildman–Crippen LogP) is 1.88. The van der Waals surface area contributed by atoms with Gasteiger partial charge in [0, 0.05) is 17.8 Å². The molecule has 0 aliphatic heterocycles. The van der Waals surface area contributed by atoms with E-state index in [1.54, 1.807) is 24.6 Å². The third-order valence-electron chi connectivity index (χ3n) is 4.25. The molecule has 2 N–H and O–H groups in total. The van der Waals surface area contributed by atoms with Crippen LogP contribution in [0.4, 0.5) is 0 Å². The molecule has 1 unspecified atom stereocenters. The first-order chi connectivity index (χ1) is 11.8. The number of nitrogens with zero attached hydrogens (tertiary/aromatic N) is 3. The zero-order valence-corrected chi connectivity index (χ0v) is 13.0. The van der Waals surface area contributed by atoms with Crippen LogP contribution in [0, 0.1) is 5.92 Å². The van der Waals surface area contributed by atoms with Crippen LogP contribution >= 0.6 is 0 Å². The minimum atomic E-state index is -0.0193. The monoisotopic (exact) mass is 323 g/mol. The summed E-state index contributed by atoms with van der Waals surface area (Å²) >= 11 is 0. The Hall–Kier alpha value is -2.96. The fourth-order valence-electron chi connectivity index (χ4n) is 2.99. The Morgan fingerprint density at radius 1 is 1.38 bits per heavy atom. The molecular formula is C17H17N5O2. The van der Waals surface area contributed by atoms with Gasteiger partial charge in [-0.1, -0.05) is 6.07 Å². The lowest BCUT2D eigenvalue weighted by molar-refractivity contribution is -0.125. The van der Waals surface area contributed by atoms with Crippen molar-refractivity contribution in [1.82, 2.24) is 25.5 Å². The Balaban J connectivity index is 1.36. The Bertz CT molecular complexity index is 840. The predicted molar refractivity (Wildman–Crippen MR) is 85.7 cm³/mol. The normalized spacial score (nSPS) is 16.6. The van der Waals surface area contributed by atoms with Gasteiger partial charge in [0.1, 0.15) is 5.82 Å². The number of carbonyl (C=O) groups excluding carboxylic acids is 1. The van der Waals surface area contributed by atoms with E-state index in [1.807, 2.05) is 12.1 Å². The molecule has 0 fully saturated rings. The van der Waals surface area contributed by atoms with E-state index in [0.717, 1.165) is 25.0 Å². The molecule has 7 nitrogen and oxygen atoms in total. The smallest absolute Gasteiger partial charge is 0.223 e. The van der Waals surface area contributed by atoms with Crippen molar-refractivity contribution >= 4 is 5.91 Å². The number of aromatic amines is 1. The van der Waals surface area contributed by atoms with Gasteiger partial charge in [-0.05, 0) is 43.0 Å². The molecule has 3 aromatic rings. The second-order valence-electron chi connectivity index (χ2n) is 5.85. The standard InChI is InChI=1S/C17H17N5O2/c23-17(12-5-6-13-11(9-12)3-1-7-18-13)19-10-15-20-16(22-21-15)14-4-2-8-24-14/h1-4,7-8,12H,5-6,9-10H2,(H,19,23)(H,20,21,22). The van der Waals surface area contributed by atoms with Gasteiger partial charge in [-0.3, -0.25) is 14.9 Å². The molecule has 0 saturated carbocycles. The summed E-state index contributed by atoms with van der Waals surface area (Å²) in [4.78, 5) is 21.1. The lowest BCUT2D eigenvalue weighted by Crippen LogP contribution is -2.34. The van der Waals surface area contributed by atoms with Crippen molar-refractivity contribution in [3.05, 3.63) is 53.8 Å². The average molecular weight is 323 g/mol. The molecule has 0 radical (unpaired) electrons. The molecule has 0 bridgehead atoms. The van der Waals surface area contributed by atoms with Gasteiger partial charge in [-0.2, -0.15) is 0 Å². The van der Waals surface area contributed by atoms with Gasteiger partial charge in [0.05, 0.1) is 12.8 Å².